The number of hydrogen-bond acceptors (Lipinski definition) is 3. The van der Waals surface area contributed by atoms with Gasteiger partial charge >= 0.3 is 6.09 Å². The van der Waals surface area contributed by atoms with Gasteiger partial charge in [0.05, 0.1) is 26.4 Å². The molecule has 0 aromatic heterocycles. The van der Waals surface area contributed by atoms with Crippen LogP contribution in [0.4, 0.5) is 4.79 Å². The lowest BCUT2D eigenvalue weighted by Gasteiger charge is -2.43. The molecule has 1 heterocycles. The third-order valence-corrected chi connectivity index (χ3v) is 5.16. The molecule has 5 heteroatoms. The average molecular weight is 299 g/mol. The van der Waals surface area contributed by atoms with Crippen molar-refractivity contribution >= 4 is 14.2 Å². The van der Waals surface area contributed by atoms with Gasteiger partial charge in [-0.1, -0.05) is 26.1 Å². The Morgan fingerprint density at radius 2 is 1.80 bits per heavy atom. The van der Waals surface area contributed by atoms with Crippen LogP contribution in [0.3, 0.4) is 0 Å². The SMILES string of the molecule is CC1(C)COC2(CCCCC2)N1C(=O)OC[Si](C)(C)C. The van der Waals surface area contributed by atoms with E-state index < -0.39 is 13.8 Å². The van der Waals surface area contributed by atoms with Crippen LogP contribution in [0.5, 0.6) is 0 Å². The van der Waals surface area contributed by atoms with Gasteiger partial charge in [-0.2, -0.15) is 0 Å². The van der Waals surface area contributed by atoms with Crippen molar-refractivity contribution in [3.8, 4) is 0 Å². The first-order valence-electron chi connectivity index (χ1n) is 7.77. The first-order valence-corrected chi connectivity index (χ1v) is 11.5. The summed E-state index contributed by atoms with van der Waals surface area (Å²) in [6, 6.07) is 0. The highest BCUT2D eigenvalue weighted by Crippen LogP contribution is 2.44. The summed E-state index contributed by atoms with van der Waals surface area (Å²) in [5, 5.41) is 0. The van der Waals surface area contributed by atoms with E-state index in [0.29, 0.717) is 12.8 Å². The normalized spacial score (nSPS) is 24.9. The Bertz CT molecular complexity index is 370. The number of carbonyl (C=O) groups is 1. The van der Waals surface area contributed by atoms with E-state index in [9.17, 15) is 4.79 Å². The summed E-state index contributed by atoms with van der Waals surface area (Å²) in [6.07, 6.45) is 5.79. The summed E-state index contributed by atoms with van der Waals surface area (Å²) in [5.41, 5.74) is -0.674. The van der Waals surface area contributed by atoms with Crippen LogP contribution in [0.15, 0.2) is 0 Å². The first kappa shape index (κ1) is 15.8. The lowest BCUT2D eigenvalue weighted by atomic mass is 9.89. The summed E-state index contributed by atoms with van der Waals surface area (Å²) in [7, 11) is -1.39. The van der Waals surface area contributed by atoms with E-state index in [4.69, 9.17) is 9.47 Å². The standard InChI is InChI=1S/C15H29NO3Si/c1-14(2)11-19-15(9-7-6-8-10-15)16(14)13(17)18-12-20(3,4)5/h6-12H2,1-5H3. The molecular weight excluding hydrogens is 270 g/mol. The monoisotopic (exact) mass is 299 g/mol. The van der Waals surface area contributed by atoms with Crippen molar-refractivity contribution in [1.82, 2.24) is 4.90 Å². The highest BCUT2D eigenvalue weighted by atomic mass is 28.3. The van der Waals surface area contributed by atoms with Gasteiger partial charge in [-0.15, -0.1) is 0 Å². The maximum atomic E-state index is 12.6. The number of ether oxygens (including phenoxy) is 2. The molecule has 2 aliphatic rings. The van der Waals surface area contributed by atoms with Crippen LogP contribution in [-0.4, -0.2) is 43.2 Å². The molecular formula is C15H29NO3Si. The van der Waals surface area contributed by atoms with Gasteiger partial charge in [-0.05, 0) is 39.5 Å². The Morgan fingerprint density at radius 3 is 2.35 bits per heavy atom. The van der Waals surface area contributed by atoms with E-state index in [-0.39, 0.29) is 11.6 Å². The minimum Gasteiger partial charge on any atom is -0.453 e. The topological polar surface area (TPSA) is 38.8 Å². The molecule has 0 bridgehead atoms. The Hall–Kier alpha value is -0.553. The molecule has 2 fully saturated rings. The number of amides is 1. The van der Waals surface area contributed by atoms with E-state index >= 15 is 0 Å². The van der Waals surface area contributed by atoms with E-state index in [2.05, 4.69) is 33.5 Å². The summed E-state index contributed by atoms with van der Waals surface area (Å²) in [4.78, 5) is 14.5. The van der Waals surface area contributed by atoms with Gasteiger partial charge in [0.1, 0.15) is 5.72 Å². The zero-order valence-corrected chi connectivity index (χ0v) is 14.6. The van der Waals surface area contributed by atoms with Gasteiger partial charge in [0.2, 0.25) is 0 Å². The van der Waals surface area contributed by atoms with E-state index in [0.717, 1.165) is 25.7 Å². The number of nitrogens with zero attached hydrogens (tertiary/aromatic N) is 1. The molecule has 0 radical (unpaired) electrons. The fraction of sp³-hybridized carbons (Fsp3) is 0.933. The first-order chi connectivity index (χ1) is 9.16. The smallest absolute Gasteiger partial charge is 0.412 e. The zero-order valence-electron chi connectivity index (χ0n) is 13.6. The number of hydrogen-bond donors (Lipinski definition) is 0. The average Bonchev–Trinajstić information content (AvgIpc) is 2.58. The van der Waals surface area contributed by atoms with Gasteiger partial charge in [-0.25, -0.2) is 4.79 Å². The maximum Gasteiger partial charge on any atom is 0.412 e. The van der Waals surface area contributed by atoms with Crippen LogP contribution in [0, 0.1) is 0 Å². The van der Waals surface area contributed by atoms with Crippen LogP contribution in [-0.2, 0) is 9.47 Å². The molecule has 0 N–H and O–H groups in total. The quantitative estimate of drug-likeness (QED) is 0.729. The van der Waals surface area contributed by atoms with E-state index in [1.165, 1.54) is 6.42 Å². The minimum absolute atomic E-state index is 0.183. The predicted octanol–water partition coefficient (Wildman–Crippen LogP) is 3.77. The summed E-state index contributed by atoms with van der Waals surface area (Å²) < 4.78 is 11.7. The number of rotatable bonds is 2. The largest absolute Gasteiger partial charge is 0.453 e. The Morgan fingerprint density at radius 1 is 1.20 bits per heavy atom. The van der Waals surface area contributed by atoms with E-state index in [1.807, 2.05) is 4.90 Å². The molecule has 0 aromatic rings. The fourth-order valence-corrected chi connectivity index (χ4v) is 3.78. The second kappa shape index (κ2) is 5.33. The van der Waals surface area contributed by atoms with Gasteiger partial charge in [-0.3, -0.25) is 4.90 Å². The highest BCUT2D eigenvalue weighted by molar-refractivity contribution is 6.76. The third kappa shape index (κ3) is 3.19. The second-order valence-corrected chi connectivity index (χ2v) is 13.5. The third-order valence-electron chi connectivity index (χ3n) is 4.15. The number of carbonyl (C=O) groups excluding carboxylic acids is 1. The van der Waals surface area contributed by atoms with Crippen LogP contribution < -0.4 is 0 Å². The van der Waals surface area contributed by atoms with Crippen molar-refractivity contribution in [3.63, 3.8) is 0 Å². The Labute approximate surface area is 123 Å². The van der Waals surface area contributed by atoms with Crippen LogP contribution in [0.2, 0.25) is 19.6 Å². The predicted molar refractivity (Wildman–Crippen MR) is 82.4 cm³/mol. The molecule has 0 unspecified atom stereocenters. The molecule has 1 saturated carbocycles. The lowest BCUT2D eigenvalue weighted by Crippen LogP contribution is -2.56. The van der Waals surface area contributed by atoms with Gasteiger partial charge < -0.3 is 9.47 Å². The molecule has 1 aliphatic carbocycles. The lowest BCUT2D eigenvalue weighted by molar-refractivity contribution is -0.102. The molecule has 0 atom stereocenters. The van der Waals surface area contributed by atoms with Gasteiger partial charge in [0.15, 0.2) is 0 Å². The molecule has 1 amide bonds. The second-order valence-electron chi connectivity index (χ2n) is 8.06. The summed E-state index contributed by atoms with van der Waals surface area (Å²) in [6.45, 7) is 11.4. The van der Waals surface area contributed by atoms with Crippen LogP contribution >= 0.6 is 0 Å². The van der Waals surface area contributed by atoms with Gasteiger partial charge in [0, 0.05) is 0 Å². The Balaban J connectivity index is 2.13. The molecule has 2 rings (SSSR count). The fourth-order valence-electron chi connectivity index (χ4n) is 3.22. The van der Waals surface area contributed by atoms with Crippen molar-refractivity contribution in [2.45, 2.75) is 76.9 Å². The van der Waals surface area contributed by atoms with Crippen molar-refractivity contribution in [2.24, 2.45) is 0 Å². The molecule has 116 valence electrons. The van der Waals surface area contributed by atoms with Crippen LogP contribution in [0.25, 0.3) is 0 Å². The molecule has 1 saturated heterocycles. The van der Waals surface area contributed by atoms with Crippen LogP contribution in [0.1, 0.15) is 46.0 Å². The van der Waals surface area contributed by atoms with Crippen molar-refractivity contribution in [3.05, 3.63) is 0 Å². The summed E-state index contributed by atoms with van der Waals surface area (Å²) >= 11 is 0. The van der Waals surface area contributed by atoms with Crippen molar-refractivity contribution in [2.75, 3.05) is 12.8 Å². The Kier molecular flexibility index (Phi) is 4.22. The van der Waals surface area contributed by atoms with Gasteiger partial charge in [0.25, 0.3) is 0 Å². The molecule has 1 spiro atoms. The minimum atomic E-state index is -1.39. The van der Waals surface area contributed by atoms with E-state index in [1.54, 1.807) is 0 Å². The zero-order chi connectivity index (χ0) is 15.0. The van der Waals surface area contributed by atoms with Crippen molar-refractivity contribution in [1.29, 1.82) is 0 Å². The highest BCUT2D eigenvalue weighted by Gasteiger charge is 2.55. The maximum absolute atomic E-state index is 12.6. The molecule has 4 nitrogen and oxygen atoms in total. The molecule has 1 aliphatic heterocycles. The summed E-state index contributed by atoms with van der Waals surface area (Å²) in [5.74, 6) is 0. The van der Waals surface area contributed by atoms with Crippen molar-refractivity contribution < 1.29 is 14.3 Å². The molecule has 0 aromatic carbocycles. The molecule has 20 heavy (non-hydrogen) atoms.